The van der Waals surface area contributed by atoms with Crippen LogP contribution in [0.2, 0.25) is 5.02 Å². The first-order chi connectivity index (χ1) is 7.66. The number of rotatable bonds is 3. The molecule has 0 bridgehead atoms. The van der Waals surface area contributed by atoms with Crippen molar-refractivity contribution < 1.29 is 9.90 Å². The molecule has 3 nitrogen and oxygen atoms in total. The second-order valence-electron chi connectivity index (χ2n) is 4.14. The van der Waals surface area contributed by atoms with Crippen LogP contribution >= 0.6 is 22.9 Å². The van der Waals surface area contributed by atoms with Crippen LogP contribution in [0.15, 0.2) is 11.4 Å². The van der Waals surface area contributed by atoms with Gasteiger partial charge in [-0.15, -0.1) is 11.3 Å². The van der Waals surface area contributed by atoms with Gasteiger partial charge in [0, 0.05) is 6.54 Å². The van der Waals surface area contributed by atoms with Gasteiger partial charge in [0.2, 0.25) is 0 Å². The number of aliphatic hydroxyl groups excluding tert-OH is 1. The summed E-state index contributed by atoms with van der Waals surface area (Å²) in [6, 6.07) is 1.72. The molecule has 1 amide bonds. The van der Waals surface area contributed by atoms with Gasteiger partial charge in [-0.25, -0.2) is 0 Å². The first-order valence-electron chi connectivity index (χ1n) is 5.36. The lowest BCUT2D eigenvalue weighted by atomic mass is 10.1. The van der Waals surface area contributed by atoms with Crippen molar-refractivity contribution in [2.75, 3.05) is 6.54 Å². The summed E-state index contributed by atoms with van der Waals surface area (Å²) < 4.78 is 0. The summed E-state index contributed by atoms with van der Waals surface area (Å²) in [4.78, 5) is 12.3. The number of nitrogens with one attached hydrogen (secondary N) is 1. The van der Waals surface area contributed by atoms with E-state index in [1.807, 2.05) is 0 Å². The van der Waals surface area contributed by atoms with Gasteiger partial charge in [0.1, 0.15) is 4.88 Å². The zero-order valence-electron chi connectivity index (χ0n) is 8.78. The van der Waals surface area contributed by atoms with Crippen molar-refractivity contribution in [1.29, 1.82) is 0 Å². The minimum absolute atomic E-state index is 0.110. The lowest BCUT2D eigenvalue weighted by molar-refractivity contribution is 0.0949. The fourth-order valence-electron chi connectivity index (χ4n) is 2.01. The molecule has 1 aromatic rings. The third-order valence-corrected chi connectivity index (χ3v) is 4.23. The highest BCUT2D eigenvalue weighted by Crippen LogP contribution is 2.25. The van der Waals surface area contributed by atoms with Crippen molar-refractivity contribution in [2.45, 2.75) is 25.4 Å². The Hall–Kier alpha value is -0.580. The summed E-state index contributed by atoms with van der Waals surface area (Å²) in [5.41, 5.74) is 0. The van der Waals surface area contributed by atoms with Crippen LogP contribution in [0.3, 0.4) is 0 Å². The average molecular weight is 260 g/mol. The van der Waals surface area contributed by atoms with Crippen LogP contribution in [-0.2, 0) is 0 Å². The van der Waals surface area contributed by atoms with Gasteiger partial charge in [0.25, 0.3) is 5.91 Å². The predicted molar refractivity (Wildman–Crippen MR) is 65.0 cm³/mol. The van der Waals surface area contributed by atoms with Gasteiger partial charge in [-0.3, -0.25) is 4.79 Å². The van der Waals surface area contributed by atoms with E-state index in [0.29, 0.717) is 22.4 Å². The van der Waals surface area contributed by atoms with Gasteiger partial charge in [-0.05, 0) is 36.6 Å². The number of aliphatic hydroxyl groups is 1. The molecule has 16 heavy (non-hydrogen) atoms. The third kappa shape index (κ3) is 2.75. The molecule has 2 rings (SSSR count). The minimum Gasteiger partial charge on any atom is -0.393 e. The van der Waals surface area contributed by atoms with E-state index < -0.39 is 0 Å². The second kappa shape index (κ2) is 5.17. The lowest BCUT2D eigenvalue weighted by Gasteiger charge is -2.10. The fraction of sp³-hybridized carbons (Fsp3) is 0.545. The lowest BCUT2D eigenvalue weighted by Crippen LogP contribution is -2.28. The van der Waals surface area contributed by atoms with Crippen molar-refractivity contribution in [3.05, 3.63) is 21.3 Å². The van der Waals surface area contributed by atoms with E-state index >= 15 is 0 Å². The van der Waals surface area contributed by atoms with Gasteiger partial charge in [-0.1, -0.05) is 11.6 Å². The quantitative estimate of drug-likeness (QED) is 0.875. The highest BCUT2D eigenvalue weighted by molar-refractivity contribution is 7.12. The smallest absolute Gasteiger partial charge is 0.262 e. The molecule has 1 aromatic heterocycles. The monoisotopic (exact) mass is 259 g/mol. The van der Waals surface area contributed by atoms with Crippen LogP contribution in [0.25, 0.3) is 0 Å². The van der Waals surface area contributed by atoms with Crippen molar-refractivity contribution in [1.82, 2.24) is 5.32 Å². The molecule has 1 aliphatic carbocycles. The number of thiophene rings is 1. The largest absolute Gasteiger partial charge is 0.393 e. The van der Waals surface area contributed by atoms with Crippen molar-refractivity contribution in [3.8, 4) is 0 Å². The molecule has 88 valence electrons. The van der Waals surface area contributed by atoms with E-state index in [1.165, 1.54) is 11.3 Å². The summed E-state index contributed by atoms with van der Waals surface area (Å²) in [5, 5.41) is 14.5. The summed E-state index contributed by atoms with van der Waals surface area (Å²) in [6.07, 6.45) is 2.44. The number of hydrogen-bond donors (Lipinski definition) is 2. The highest BCUT2D eigenvalue weighted by atomic mass is 35.5. The Bertz CT molecular complexity index is 380. The van der Waals surface area contributed by atoms with E-state index in [4.69, 9.17) is 11.6 Å². The molecule has 2 N–H and O–H groups in total. The van der Waals surface area contributed by atoms with Gasteiger partial charge in [-0.2, -0.15) is 0 Å². The molecule has 0 radical (unpaired) electrons. The highest BCUT2D eigenvalue weighted by Gasteiger charge is 2.23. The summed E-state index contributed by atoms with van der Waals surface area (Å²) >= 11 is 7.21. The molecule has 5 heteroatoms. The first kappa shape index (κ1) is 11.9. The Morgan fingerprint density at radius 1 is 1.62 bits per heavy atom. The molecule has 2 unspecified atom stereocenters. The summed E-state index contributed by atoms with van der Waals surface area (Å²) in [6.45, 7) is 0.629. The maximum atomic E-state index is 11.7. The topological polar surface area (TPSA) is 49.3 Å². The first-order valence-corrected chi connectivity index (χ1v) is 6.62. The van der Waals surface area contributed by atoms with Crippen molar-refractivity contribution in [3.63, 3.8) is 0 Å². The predicted octanol–water partition coefficient (Wildman–Crippen LogP) is 2.29. The summed E-state index contributed by atoms with van der Waals surface area (Å²) in [7, 11) is 0. The number of amides is 1. The zero-order valence-corrected chi connectivity index (χ0v) is 10.4. The Kier molecular flexibility index (Phi) is 3.84. The van der Waals surface area contributed by atoms with E-state index in [0.717, 1.165) is 19.3 Å². The standard InChI is InChI=1S/C11H14ClNO2S/c12-9-3-4-16-10(9)11(15)13-6-7-1-2-8(14)5-7/h3-4,7-8,14H,1-2,5-6H2,(H,13,15). The Morgan fingerprint density at radius 3 is 3.00 bits per heavy atom. The van der Waals surface area contributed by atoms with Crippen molar-refractivity contribution >= 4 is 28.8 Å². The van der Waals surface area contributed by atoms with Gasteiger partial charge >= 0.3 is 0 Å². The van der Waals surface area contributed by atoms with Gasteiger partial charge in [0.05, 0.1) is 11.1 Å². The molecule has 0 aromatic carbocycles. The van der Waals surface area contributed by atoms with Crippen molar-refractivity contribution in [2.24, 2.45) is 5.92 Å². The second-order valence-corrected chi connectivity index (χ2v) is 5.46. The molecule has 1 saturated carbocycles. The summed E-state index contributed by atoms with van der Waals surface area (Å²) in [5.74, 6) is 0.291. The van der Waals surface area contributed by atoms with Crippen LogP contribution in [0.4, 0.5) is 0 Å². The average Bonchev–Trinajstić information content (AvgIpc) is 2.84. The Labute approximate surface area is 103 Å². The number of hydrogen-bond acceptors (Lipinski definition) is 3. The normalized spacial score (nSPS) is 24.6. The molecule has 0 aliphatic heterocycles. The molecule has 1 fully saturated rings. The van der Waals surface area contributed by atoms with Gasteiger partial charge in [0.15, 0.2) is 0 Å². The molecule has 0 saturated heterocycles. The zero-order chi connectivity index (χ0) is 11.5. The number of carbonyl (C=O) groups is 1. The van der Waals surface area contributed by atoms with E-state index in [2.05, 4.69) is 5.32 Å². The number of halogens is 1. The maximum absolute atomic E-state index is 11.7. The fourth-order valence-corrected chi connectivity index (χ4v) is 3.06. The molecule has 0 spiro atoms. The van der Waals surface area contributed by atoms with Crippen LogP contribution in [0.5, 0.6) is 0 Å². The molecule has 1 aliphatic rings. The van der Waals surface area contributed by atoms with Crippen LogP contribution in [0, 0.1) is 5.92 Å². The van der Waals surface area contributed by atoms with Crippen LogP contribution in [-0.4, -0.2) is 23.7 Å². The number of carbonyl (C=O) groups excluding carboxylic acids is 1. The van der Waals surface area contributed by atoms with Gasteiger partial charge < -0.3 is 10.4 Å². The van der Waals surface area contributed by atoms with E-state index in [9.17, 15) is 9.90 Å². The SMILES string of the molecule is O=C(NCC1CCC(O)C1)c1sccc1Cl. The molecule has 2 atom stereocenters. The maximum Gasteiger partial charge on any atom is 0.262 e. The van der Waals surface area contributed by atoms with E-state index in [1.54, 1.807) is 11.4 Å². The minimum atomic E-state index is -0.188. The van der Waals surface area contributed by atoms with E-state index in [-0.39, 0.29) is 12.0 Å². The Morgan fingerprint density at radius 2 is 2.44 bits per heavy atom. The van der Waals surface area contributed by atoms with Crippen LogP contribution < -0.4 is 5.32 Å². The molecular formula is C11H14ClNO2S. The third-order valence-electron chi connectivity index (χ3n) is 2.89. The van der Waals surface area contributed by atoms with Crippen LogP contribution in [0.1, 0.15) is 28.9 Å². The Balaban J connectivity index is 1.82. The molecular weight excluding hydrogens is 246 g/mol. The molecule has 1 heterocycles.